The lowest BCUT2D eigenvalue weighted by Crippen LogP contribution is -2.19. The number of hydrogen-bond acceptors (Lipinski definition) is 4. The first-order valence-corrected chi connectivity index (χ1v) is 6.68. The fourth-order valence-corrected chi connectivity index (χ4v) is 2.26. The Morgan fingerprint density at radius 3 is 2.83 bits per heavy atom. The maximum Gasteiger partial charge on any atom is 0.434 e. The van der Waals surface area contributed by atoms with E-state index in [-0.39, 0.29) is 12.4 Å². The number of fused-ring (bicyclic) bond motifs is 1. The number of halogens is 3. The summed E-state index contributed by atoms with van der Waals surface area (Å²) < 4.78 is 47.2. The monoisotopic (exact) mass is 324 g/mol. The first-order chi connectivity index (χ1) is 10.9. The molecule has 0 radical (unpaired) electrons. The summed E-state index contributed by atoms with van der Waals surface area (Å²) >= 11 is 0. The molecular weight excluding hydrogens is 313 g/mol. The predicted octanol–water partition coefficient (Wildman–Crippen LogP) is 2.72. The minimum absolute atomic E-state index is 0.0274. The fourth-order valence-electron chi connectivity index (χ4n) is 2.26. The van der Waals surface area contributed by atoms with E-state index in [2.05, 4.69) is 14.8 Å². The lowest BCUT2D eigenvalue weighted by Gasteiger charge is -2.12. The van der Waals surface area contributed by atoms with E-state index in [0.717, 1.165) is 6.20 Å². The minimum Gasteiger partial charge on any atom is -0.462 e. The Balaban J connectivity index is 2.24. The first kappa shape index (κ1) is 15.1. The van der Waals surface area contributed by atoms with E-state index in [1.165, 1.54) is 13.1 Å². The van der Waals surface area contributed by atoms with Gasteiger partial charge in [-0.3, -0.25) is 0 Å². The molecule has 0 atom stereocenters. The van der Waals surface area contributed by atoms with Crippen LogP contribution in [-0.2, 0) is 10.9 Å². The summed E-state index contributed by atoms with van der Waals surface area (Å²) in [5.74, 6) is -1.10. The number of esters is 1. The van der Waals surface area contributed by atoms with Crippen molar-refractivity contribution in [1.29, 1.82) is 0 Å². The van der Waals surface area contributed by atoms with E-state index in [0.29, 0.717) is 10.2 Å². The maximum atomic E-state index is 13.5. The molecule has 6 nitrogen and oxygen atoms in total. The Hall–Kier alpha value is -2.84. The normalized spacial score (nSPS) is 11.8. The largest absolute Gasteiger partial charge is 0.462 e. The summed E-state index contributed by atoms with van der Waals surface area (Å²) in [7, 11) is 0. The Kier molecular flexibility index (Phi) is 3.55. The van der Waals surface area contributed by atoms with Crippen molar-refractivity contribution >= 4 is 11.5 Å². The minimum atomic E-state index is -4.79. The third-order valence-electron chi connectivity index (χ3n) is 3.17. The summed E-state index contributed by atoms with van der Waals surface area (Å²) in [4.78, 5) is 15.7. The van der Waals surface area contributed by atoms with Gasteiger partial charge in [-0.15, -0.1) is 0 Å². The highest BCUT2D eigenvalue weighted by molar-refractivity contribution is 5.91. The molecule has 3 aromatic heterocycles. The molecule has 3 aromatic rings. The number of rotatable bonds is 3. The highest BCUT2D eigenvalue weighted by Gasteiger charge is 2.41. The molecule has 3 rings (SSSR count). The van der Waals surface area contributed by atoms with Gasteiger partial charge in [0.1, 0.15) is 5.56 Å². The molecule has 0 saturated carbocycles. The molecule has 0 aliphatic heterocycles. The number of nitrogens with zero attached hydrogens (tertiary/aromatic N) is 4. The van der Waals surface area contributed by atoms with Crippen LogP contribution in [0.4, 0.5) is 13.2 Å². The van der Waals surface area contributed by atoms with Gasteiger partial charge in [0.15, 0.2) is 11.5 Å². The number of carbonyl (C=O) groups excluding carboxylic acids is 1. The molecule has 3 heterocycles. The molecule has 23 heavy (non-hydrogen) atoms. The van der Waals surface area contributed by atoms with Crippen LogP contribution >= 0.6 is 0 Å². The van der Waals surface area contributed by atoms with E-state index < -0.39 is 23.4 Å². The van der Waals surface area contributed by atoms with Crippen molar-refractivity contribution in [3.8, 4) is 5.82 Å². The van der Waals surface area contributed by atoms with Gasteiger partial charge in [0.2, 0.25) is 0 Å². The van der Waals surface area contributed by atoms with Crippen LogP contribution < -0.4 is 0 Å². The van der Waals surface area contributed by atoms with Crippen LogP contribution in [0.25, 0.3) is 11.3 Å². The van der Waals surface area contributed by atoms with Crippen LogP contribution in [0, 0.1) is 0 Å². The van der Waals surface area contributed by atoms with Gasteiger partial charge < -0.3 is 9.14 Å². The second-order valence-corrected chi connectivity index (χ2v) is 4.59. The van der Waals surface area contributed by atoms with E-state index in [4.69, 9.17) is 0 Å². The quantitative estimate of drug-likeness (QED) is 0.695. The van der Waals surface area contributed by atoms with Crippen LogP contribution in [0.1, 0.15) is 23.0 Å². The molecule has 0 bridgehead atoms. The Morgan fingerprint density at radius 1 is 1.35 bits per heavy atom. The SMILES string of the molecule is CCOC(=O)c1cnn(-c2nccn3cccc23)c1C(F)(F)F. The Bertz CT molecular complexity index is 866. The number of aromatic nitrogens is 4. The highest BCUT2D eigenvalue weighted by atomic mass is 19.4. The fraction of sp³-hybridized carbons (Fsp3) is 0.214. The van der Waals surface area contributed by atoms with Crippen molar-refractivity contribution in [3.05, 3.63) is 48.2 Å². The second kappa shape index (κ2) is 5.41. The van der Waals surface area contributed by atoms with Crippen molar-refractivity contribution in [2.75, 3.05) is 6.61 Å². The van der Waals surface area contributed by atoms with Crippen LogP contribution in [0.15, 0.2) is 36.9 Å². The Morgan fingerprint density at radius 2 is 2.13 bits per heavy atom. The molecule has 9 heteroatoms. The molecule has 0 spiro atoms. The van der Waals surface area contributed by atoms with Gasteiger partial charge in [-0.05, 0) is 19.1 Å². The summed E-state index contributed by atoms with van der Waals surface area (Å²) in [5, 5.41) is 3.71. The highest BCUT2D eigenvalue weighted by Crippen LogP contribution is 2.34. The number of hydrogen-bond donors (Lipinski definition) is 0. The Labute approximate surface area is 128 Å². The van der Waals surface area contributed by atoms with Crippen molar-refractivity contribution < 1.29 is 22.7 Å². The van der Waals surface area contributed by atoms with Gasteiger partial charge >= 0.3 is 12.1 Å². The van der Waals surface area contributed by atoms with Gasteiger partial charge in [0.05, 0.1) is 18.3 Å². The van der Waals surface area contributed by atoms with Gasteiger partial charge in [-0.25, -0.2) is 14.5 Å². The average Bonchev–Trinajstić information content (AvgIpc) is 3.13. The zero-order chi connectivity index (χ0) is 16.6. The van der Waals surface area contributed by atoms with Crippen LogP contribution in [0.5, 0.6) is 0 Å². The lowest BCUT2D eigenvalue weighted by atomic mass is 10.2. The number of alkyl halides is 3. The van der Waals surface area contributed by atoms with E-state index >= 15 is 0 Å². The van der Waals surface area contributed by atoms with E-state index in [1.54, 1.807) is 28.9 Å². The van der Waals surface area contributed by atoms with Crippen molar-refractivity contribution in [2.24, 2.45) is 0 Å². The number of ether oxygens (including phenoxy) is 1. The van der Waals surface area contributed by atoms with E-state index in [9.17, 15) is 18.0 Å². The smallest absolute Gasteiger partial charge is 0.434 e. The van der Waals surface area contributed by atoms with Crippen molar-refractivity contribution in [3.63, 3.8) is 0 Å². The predicted molar refractivity (Wildman–Crippen MR) is 73.3 cm³/mol. The second-order valence-electron chi connectivity index (χ2n) is 4.59. The zero-order valence-corrected chi connectivity index (χ0v) is 11.9. The van der Waals surface area contributed by atoms with Gasteiger partial charge in [-0.1, -0.05) is 0 Å². The zero-order valence-electron chi connectivity index (χ0n) is 11.9. The molecule has 0 aromatic carbocycles. The lowest BCUT2D eigenvalue weighted by molar-refractivity contribution is -0.143. The van der Waals surface area contributed by atoms with Crippen LogP contribution in [-0.4, -0.2) is 31.7 Å². The van der Waals surface area contributed by atoms with Gasteiger partial charge in [0, 0.05) is 18.6 Å². The first-order valence-electron chi connectivity index (χ1n) is 6.68. The molecular formula is C14H11F3N4O2. The summed E-state index contributed by atoms with van der Waals surface area (Å²) in [5.41, 5.74) is -1.43. The molecule has 0 fully saturated rings. The topological polar surface area (TPSA) is 61.4 Å². The molecule has 0 N–H and O–H groups in total. The third kappa shape index (κ3) is 2.54. The van der Waals surface area contributed by atoms with Crippen molar-refractivity contribution in [2.45, 2.75) is 13.1 Å². The van der Waals surface area contributed by atoms with Gasteiger partial charge in [-0.2, -0.15) is 18.3 Å². The summed E-state index contributed by atoms with van der Waals surface area (Å²) in [6.07, 6.45) is 0.675. The molecule has 0 aliphatic carbocycles. The molecule has 120 valence electrons. The third-order valence-corrected chi connectivity index (χ3v) is 3.17. The molecule has 0 saturated heterocycles. The van der Waals surface area contributed by atoms with E-state index in [1.807, 2.05) is 0 Å². The van der Waals surface area contributed by atoms with Crippen LogP contribution in [0.2, 0.25) is 0 Å². The average molecular weight is 324 g/mol. The molecule has 0 aliphatic rings. The molecule has 0 unspecified atom stereocenters. The van der Waals surface area contributed by atoms with Gasteiger partial charge in [0.25, 0.3) is 0 Å². The molecule has 0 amide bonds. The maximum absolute atomic E-state index is 13.5. The number of carbonyl (C=O) groups is 1. The van der Waals surface area contributed by atoms with Crippen LogP contribution in [0.3, 0.4) is 0 Å². The standard InChI is InChI=1S/C14H11F3N4O2/c1-2-23-13(22)9-8-19-21(11(9)14(15,16)17)12-10-4-3-6-20(10)7-5-18-12/h3-8H,2H2,1H3. The summed E-state index contributed by atoms with van der Waals surface area (Å²) in [6.45, 7) is 1.48. The summed E-state index contributed by atoms with van der Waals surface area (Å²) in [6, 6.07) is 3.28. The van der Waals surface area contributed by atoms with Crippen molar-refractivity contribution in [1.82, 2.24) is 19.2 Å².